The van der Waals surface area contributed by atoms with Crippen molar-refractivity contribution in [2.45, 2.75) is 45.4 Å². The van der Waals surface area contributed by atoms with Gasteiger partial charge in [0.05, 0.1) is 18.8 Å². The summed E-state index contributed by atoms with van der Waals surface area (Å²) in [5.74, 6) is -3.25. The Bertz CT molecular complexity index is 316. The van der Waals surface area contributed by atoms with Crippen molar-refractivity contribution in [1.82, 2.24) is 0 Å². The van der Waals surface area contributed by atoms with Crippen LogP contribution in [0.2, 0.25) is 0 Å². The lowest BCUT2D eigenvalue weighted by Gasteiger charge is -2.25. The summed E-state index contributed by atoms with van der Waals surface area (Å²) in [4.78, 5) is 35.2. The van der Waals surface area contributed by atoms with Crippen LogP contribution in [0.5, 0.6) is 0 Å². The molecule has 0 heterocycles. The topological polar surface area (TPSA) is 122 Å². The van der Waals surface area contributed by atoms with Crippen LogP contribution in [-0.4, -0.2) is 42.0 Å². The number of esters is 2. The van der Waals surface area contributed by atoms with Crippen molar-refractivity contribution in [2.24, 2.45) is 11.5 Å². The molecular formula is C11H20N2O5. The van der Waals surface area contributed by atoms with E-state index in [4.69, 9.17) is 20.9 Å². The Hall–Kier alpha value is -1.47. The highest BCUT2D eigenvalue weighted by Gasteiger charge is 2.52. The summed E-state index contributed by atoms with van der Waals surface area (Å²) in [6, 6.07) is 0. The summed E-state index contributed by atoms with van der Waals surface area (Å²) in [5, 5.41) is 0. The second-order valence-electron chi connectivity index (χ2n) is 4.34. The Labute approximate surface area is 106 Å². The lowest BCUT2D eigenvalue weighted by Crippen LogP contribution is -2.64. The highest BCUT2D eigenvalue weighted by molar-refractivity contribution is 6.25. The molecule has 0 aliphatic rings. The van der Waals surface area contributed by atoms with Gasteiger partial charge in [-0.2, -0.15) is 0 Å². The number of nitrogens with two attached hydrogens (primary N) is 2. The fourth-order valence-electron chi connectivity index (χ4n) is 1.09. The van der Waals surface area contributed by atoms with Crippen molar-refractivity contribution in [3.05, 3.63) is 0 Å². The predicted molar refractivity (Wildman–Crippen MR) is 63.4 cm³/mol. The van der Waals surface area contributed by atoms with Crippen LogP contribution in [0, 0.1) is 0 Å². The van der Waals surface area contributed by atoms with E-state index in [-0.39, 0.29) is 0 Å². The van der Waals surface area contributed by atoms with Crippen molar-refractivity contribution in [1.29, 1.82) is 0 Å². The molecule has 104 valence electrons. The zero-order valence-electron chi connectivity index (χ0n) is 11.1. The summed E-state index contributed by atoms with van der Waals surface area (Å²) in [7, 11) is 0. The predicted octanol–water partition coefficient (Wildman–Crippen LogP) is -0.885. The van der Waals surface area contributed by atoms with Gasteiger partial charge < -0.3 is 20.9 Å². The molecule has 0 unspecified atom stereocenters. The van der Waals surface area contributed by atoms with Crippen molar-refractivity contribution < 1.29 is 23.9 Å². The van der Waals surface area contributed by atoms with E-state index in [2.05, 4.69) is 0 Å². The maximum Gasteiger partial charge on any atom is 0.346 e. The lowest BCUT2D eigenvalue weighted by atomic mass is 9.95. The number of ketones is 1. The monoisotopic (exact) mass is 260 g/mol. The molecule has 0 amide bonds. The van der Waals surface area contributed by atoms with Gasteiger partial charge in [-0.25, -0.2) is 9.59 Å². The quantitative estimate of drug-likeness (QED) is 0.469. The average molecular weight is 260 g/mol. The molecule has 4 N–H and O–H groups in total. The standard InChI is InChI=1S/C11H20N2O5/c1-6(2)17-9(15)11(13,8(14)5-12)10(16)18-7(3)4/h6-7H,5,12-13H2,1-4H3. The summed E-state index contributed by atoms with van der Waals surface area (Å²) in [6.45, 7) is 5.72. The van der Waals surface area contributed by atoms with Crippen LogP contribution >= 0.6 is 0 Å². The molecule has 7 heteroatoms. The molecule has 0 spiro atoms. The van der Waals surface area contributed by atoms with Gasteiger partial charge in [0.2, 0.25) is 0 Å². The van der Waals surface area contributed by atoms with Gasteiger partial charge in [-0.3, -0.25) is 4.79 Å². The maximum atomic E-state index is 11.8. The molecule has 0 saturated heterocycles. The van der Waals surface area contributed by atoms with Gasteiger partial charge in [0.1, 0.15) is 0 Å². The summed E-state index contributed by atoms with van der Waals surface area (Å²) < 4.78 is 9.60. The lowest BCUT2D eigenvalue weighted by molar-refractivity contribution is -0.170. The molecule has 0 radical (unpaired) electrons. The number of hydrogen-bond donors (Lipinski definition) is 2. The second kappa shape index (κ2) is 6.46. The van der Waals surface area contributed by atoms with E-state index in [1.165, 1.54) is 0 Å². The first-order valence-corrected chi connectivity index (χ1v) is 5.60. The minimum absolute atomic E-state index is 0.516. The number of rotatable bonds is 6. The van der Waals surface area contributed by atoms with Crippen LogP contribution in [-0.2, 0) is 23.9 Å². The molecule has 0 aromatic heterocycles. The van der Waals surface area contributed by atoms with Crippen LogP contribution in [0.3, 0.4) is 0 Å². The zero-order chi connectivity index (χ0) is 14.5. The number of ether oxygens (including phenoxy) is 2. The Balaban J connectivity index is 5.24. The van der Waals surface area contributed by atoms with E-state index in [1.54, 1.807) is 27.7 Å². The normalized spacial score (nSPS) is 11.6. The van der Waals surface area contributed by atoms with Crippen molar-refractivity contribution in [2.75, 3.05) is 6.54 Å². The van der Waals surface area contributed by atoms with Crippen LogP contribution < -0.4 is 11.5 Å². The smallest absolute Gasteiger partial charge is 0.346 e. The van der Waals surface area contributed by atoms with Gasteiger partial charge in [-0.15, -0.1) is 0 Å². The molecule has 7 nitrogen and oxygen atoms in total. The van der Waals surface area contributed by atoms with E-state index in [9.17, 15) is 14.4 Å². The number of hydrogen-bond acceptors (Lipinski definition) is 7. The first kappa shape index (κ1) is 16.5. The molecule has 0 rings (SSSR count). The highest BCUT2D eigenvalue weighted by atomic mass is 16.6. The maximum absolute atomic E-state index is 11.8. The average Bonchev–Trinajstić information content (AvgIpc) is 2.24. The zero-order valence-corrected chi connectivity index (χ0v) is 11.1. The fourth-order valence-corrected chi connectivity index (χ4v) is 1.09. The molecule has 0 aliphatic heterocycles. The fraction of sp³-hybridized carbons (Fsp3) is 0.727. The van der Waals surface area contributed by atoms with Gasteiger partial charge in [0.15, 0.2) is 5.78 Å². The summed E-state index contributed by atoms with van der Waals surface area (Å²) >= 11 is 0. The van der Waals surface area contributed by atoms with Gasteiger partial charge in [0, 0.05) is 0 Å². The van der Waals surface area contributed by atoms with E-state index < -0.39 is 42.0 Å². The van der Waals surface area contributed by atoms with Crippen LogP contribution in [0.25, 0.3) is 0 Å². The molecule has 0 bridgehead atoms. The van der Waals surface area contributed by atoms with Crippen molar-refractivity contribution >= 4 is 17.7 Å². The molecule has 0 saturated carbocycles. The largest absolute Gasteiger partial charge is 0.461 e. The van der Waals surface area contributed by atoms with Crippen molar-refractivity contribution in [3.63, 3.8) is 0 Å². The third-order valence-corrected chi connectivity index (χ3v) is 1.95. The Morgan fingerprint density at radius 1 is 1.00 bits per heavy atom. The second-order valence-corrected chi connectivity index (χ2v) is 4.34. The molecule has 0 atom stereocenters. The third kappa shape index (κ3) is 3.78. The van der Waals surface area contributed by atoms with E-state index >= 15 is 0 Å². The first-order chi connectivity index (χ1) is 8.16. The molecule has 0 aromatic rings. The van der Waals surface area contributed by atoms with Gasteiger partial charge in [-0.1, -0.05) is 0 Å². The first-order valence-electron chi connectivity index (χ1n) is 5.60. The van der Waals surface area contributed by atoms with E-state index in [0.29, 0.717) is 0 Å². The van der Waals surface area contributed by atoms with Gasteiger partial charge in [0.25, 0.3) is 5.54 Å². The number of Topliss-reactive ketones (excluding diaryl/α,β-unsaturated/α-hetero) is 1. The van der Waals surface area contributed by atoms with E-state index in [1.807, 2.05) is 0 Å². The molecular weight excluding hydrogens is 240 g/mol. The third-order valence-electron chi connectivity index (χ3n) is 1.95. The van der Waals surface area contributed by atoms with Crippen LogP contribution in [0.15, 0.2) is 0 Å². The Morgan fingerprint density at radius 2 is 1.33 bits per heavy atom. The summed E-state index contributed by atoms with van der Waals surface area (Å²) in [6.07, 6.45) is -1.03. The van der Waals surface area contributed by atoms with Crippen LogP contribution in [0.1, 0.15) is 27.7 Å². The molecule has 18 heavy (non-hydrogen) atoms. The van der Waals surface area contributed by atoms with Gasteiger partial charge >= 0.3 is 11.9 Å². The highest BCUT2D eigenvalue weighted by Crippen LogP contribution is 2.11. The number of carbonyl (C=O) groups excluding carboxylic acids is 3. The summed E-state index contributed by atoms with van der Waals surface area (Å²) in [5.41, 5.74) is 8.21. The minimum atomic E-state index is -2.50. The van der Waals surface area contributed by atoms with E-state index in [0.717, 1.165) is 0 Å². The Kier molecular flexibility index (Phi) is 5.93. The molecule has 0 aromatic carbocycles. The van der Waals surface area contributed by atoms with Crippen LogP contribution in [0.4, 0.5) is 0 Å². The van der Waals surface area contributed by atoms with Crippen molar-refractivity contribution in [3.8, 4) is 0 Å². The molecule has 0 aliphatic carbocycles. The Morgan fingerprint density at radius 3 is 1.56 bits per heavy atom. The number of carbonyl (C=O) groups is 3. The molecule has 0 fully saturated rings. The van der Waals surface area contributed by atoms with Gasteiger partial charge in [-0.05, 0) is 27.7 Å². The SMILES string of the molecule is CC(C)OC(=O)C(N)(C(=O)CN)C(=O)OC(C)C. The minimum Gasteiger partial charge on any atom is -0.461 e.